The summed E-state index contributed by atoms with van der Waals surface area (Å²) in [5.41, 5.74) is 1.07. The van der Waals surface area contributed by atoms with Crippen molar-refractivity contribution in [1.29, 1.82) is 0 Å². The highest BCUT2D eigenvalue weighted by Crippen LogP contribution is 2.27. The summed E-state index contributed by atoms with van der Waals surface area (Å²) in [4.78, 5) is 33.6. The number of piperidine rings is 1. The first-order chi connectivity index (χ1) is 16.1. The third-order valence-corrected chi connectivity index (χ3v) is 7.45. The molecule has 4 rings (SSSR count). The second-order valence-electron chi connectivity index (χ2n) is 8.24. The topological polar surface area (TPSA) is 67.2 Å². The molecule has 8 heteroatoms. The van der Waals surface area contributed by atoms with Crippen LogP contribution < -0.4 is 10.9 Å². The third-order valence-electron chi connectivity index (χ3n) is 5.90. The van der Waals surface area contributed by atoms with Gasteiger partial charge < -0.3 is 10.2 Å². The van der Waals surface area contributed by atoms with Crippen LogP contribution in [-0.4, -0.2) is 51.8 Å². The molecule has 1 fully saturated rings. The Morgan fingerprint density at radius 2 is 1.94 bits per heavy atom. The van der Waals surface area contributed by atoms with Crippen molar-refractivity contribution >= 4 is 40.2 Å². The Kier molecular flexibility index (Phi) is 8.06. The zero-order valence-corrected chi connectivity index (χ0v) is 20.4. The number of carbonyl (C=O) groups is 1. The Bertz CT molecular complexity index is 1180. The summed E-state index contributed by atoms with van der Waals surface area (Å²) >= 11 is 7.53. The SMILES string of the molecule is CCC(Sc1nc2ccccc2c(=O)n1-c1cccc(Cl)c1)C(=O)NCCN1CCCCC1. The molecule has 2 aromatic carbocycles. The maximum absolute atomic E-state index is 13.4. The van der Waals surface area contributed by atoms with E-state index in [9.17, 15) is 9.59 Å². The summed E-state index contributed by atoms with van der Waals surface area (Å²) in [6, 6.07) is 14.4. The monoisotopic (exact) mass is 484 g/mol. The maximum atomic E-state index is 13.4. The lowest BCUT2D eigenvalue weighted by Crippen LogP contribution is -2.40. The van der Waals surface area contributed by atoms with Gasteiger partial charge in [0.25, 0.3) is 5.56 Å². The van der Waals surface area contributed by atoms with Crippen LogP contribution in [0.4, 0.5) is 0 Å². The number of hydrogen-bond donors (Lipinski definition) is 1. The molecule has 1 atom stereocenters. The molecule has 2 heterocycles. The van der Waals surface area contributed by atoms with E-state index in [-0.39, 0.29) is 16.7 Å². The molecule has 0 spiro atoms. The number of para-hydroxylation sites is 1. The molecule has 33 heavy (non-hydrogen) atoms. The number of likely N-dealkylation sites (tertiary alicyclic amines) is 1. The van der Waals surface area contributed by atoms with Gasteiger partial charge in [0.1, 0.15) is 0 Å². The highest BCUT2D eigenvalue weighted by Gasteiger charge is 2.23. The molecule has 1 aromatic heterocycles. The van der Waals surface area contributed by atoms with E-state index in [1.807, 2.05) is 31.2 Å². The Hall–Kier alpha value is -2.35. The number of benzene rings is 2. The molecule has 6 nitrogen and oxygen atoms in total. The first kappa shape index (κ1) is 23.8. The van der Waals surface area contributed by atoms with Gasteiger partial charge in [-0.1, -0.05) is 54.9 Å². The van der Waals surface area contributed by atoms with Gasteiger partial charge in [-0.25, -0.2) is 4.98 Å². The van der Waals surface area contributed by atoms with Gasteiger partial charge in [-0.15, -0.1) is 0 Å². The Labute approximate surface area is 203 Å². The highest BCUT2D eigenvalue weighted by atomic mass is 35.5. The fourth-order valence-corrected chi connectivity index (χ4v) is 5.36. The molecule has 3 aromatic rings. The van der Waals surface area contributed by atoms with Crippen molar-refractivity contribution in [2.45, 2.75) is 43.0 Å². The van der Waals surface area contributed by atoms with E-state index >= 15 is 0 Å². The number of halogens is 1. The van der Waals surface area contributed by atoms with Crippen LogP contribution in [0.25, 0.3) is 16.6 Å². The van der Waals surface area contributed by atoms with E-state index in [1.54, 1.807) is 28.8 Å². The Balaban J connectivity index is 1.58. The molecule has 1 unspecified atom stereocenters. The summed E-state index contributed by atoms with van der Waals surface area (Å²) in [7, 11) is 0. The van der Waals surface area contributed by atoms with E-state index in [2.05, 4.69) is 10.2 Å². The van der Waals surface area contributed by atoms with Crippen LogP contribution in [0, 0.1) is 0 Å². The van der Waals surface area contributed by atoms with Crippen LogP contribution in [-0.2, 0) is 4.79 Å². The summed E-state index contributed by atoms with van der Waals surface area (Å²) < 4.78 is 1.56. The molecule has 1 aliphatic heterocycles. The smallest absolute Gasteiger partial charge is 0.266 e. The van der Waals surface area contributed by atoms with Gasteiger partial charge in [0, 0.05) is 18.1 Å². The molecular weight excluding hydrogens is 456 g/mol. The molecule has 1 N–H and O–H groups in total. The van der Waals surface area contributed by atoms with Gasteiger partial charge in [0.2, 0.25) is 5.91 Å². The summed E-state index contributed by atoms with van der Waals surface area (Å²) in [5.74, 6) is -0.0282. The number of hydrogen-bond acceptors (Lipinski definition) is 5. The third kappa shape index (κ3) is 5.78. The summed E-state index contributed by atoms with van der Waals surface area (Å²) in [5, 5.41) is 4.27. The van der Waals surface area contributed by atoms with Crippen molar-refractivity contribution in [3.63, 3.8) is 0 Å². The van der Waals surface area contributed by atoms with Crippen LogP contribution in [0.2, 0.25) is 5.02 Å². The fraction of sp³-hybridized carbons (Fsp3) is 0.400. The number of aromatic nitrogens is 2. The summed E-state index contributed by atoms with van der Waals surface area (Å²) in [6.45, 7) is 5.69. The van der Waals surface area contributed by atoms with E-state index in [1.165, 1.54) is 31.0 Å². The lowest BCUT2D eigenvalue weighted by molar-refractivity contribution is -0.120. The minimum atomic E-state index is -0.357. The van der Waals surface area contributed by atoms with Crippen molar-refractivity contribution in [1.82, 2.24) is 19.8 Å². The standard InChI is InChI=1S/C25H29ClN4O2S/c1-2-22(23(31)27-13-16-29-14-6-3-7-15-29)33-25-28-21-12-5-4-11-20(21)24(32)30(25)19-10-8-9-18(26)17-19/h4-5,8-12,17,22H,2-3,6-7,13-16H2,1H3,(H,27,31). The molecule has 174 valence electrons. The first-order valence-corrected chi connectivity index (χ1v) is 12.8. The molecule has 0 bridgehead atoms. The van der Waals surface area contributed by atoms with Gasteiger partial charge in [-0.3, -0.25) is 14.2 Å². The van der Waals surface area contributed by atoms with Gasteiger partial charge in [-0.2, -0.15) is 0 Å². The Morgan fingerprint density at radius 1 is 1.15 bits per heavy atom. The van der Waals surface area contributed by atoms with E-state index in [4.69, 9.17) is 16.6 Å². The van der Waals surface area contributed by atoms with E-state index in [0.29, 0.717) is 39.7 Å². The van der Waals surface area contributed by atoms with Gasteiger partial charge in [0.15, 0.2) is 5.16 Å². The summed E-state index contributed by atoms with van der Waals surface area (Å²) in [6.07, 6.45) is 4.38. The molecule has 0 radical (unpaired) electrons. The lowest BCUT2D eigenvalue weighted by atomic mass is 10.1. The largest absolute Gasteiger partial charge is 0.354 e. The van der Waals surface area contributed by atoms with Crippen LogP contribution >= 0.6 is 23.4 Å². The van der Waals surface area contributed by atoms with Crippen LogP contribution in [0.15, 0.2) is 58.5 Å². The number of nitrogens with one attached hydrogen (secondary N) is 1. The van der Waals surface area contributed by atoms with Crippen LogP contribution in [0.1, 0.15) is 32.6 Å². The van der Waals surface area contributed by atoms with Crippen LogP contribution in [0.5, 0.6) is 0 Å². The van der Waals surface area contributed by atoms with E-state index < -0.39 is 0 Å². The van der Waals surface area contributed by atoms with Gasteiger partial charge >= 0.3 is 0 Å². The minimum Gasteiger partial charge on any atom is -0.354 e. The van der Waals surface area contributed by atoms with Crippen LogP contribution in [0.3, 0.4) is 0 Å². The molecule has 1 aliphatic rings. The number of nitrogens with zero attached hydrogens (tertiary/aromatic N) is 3. The fourth-order valence-electron chi connectivity index (χ4n) is 4.12. The van der Waals surface area contributed by atoms with Crippen molar-refractivity contribution in [2.75, 3.05) is 26.2 Å². The quantitative estimate of drug-likeness (QED) is 0.376. The van der Waals surface area contributed by atoms with Crippen molar-refractivity contribution in [3.8, 4) is 5.69 Å². The molecule has 0 saturated carbocycles. The zero-order valence-electron chi connectivity index (χ0n) is 18.8. The second-order valence-corrected chi connectivity index (χ2v) is 9.85. The normalized spacial score (nSPS) is 15.5. The molecule has 0 aliphatic carbocycles. The zero-order chi connectivity index (χ0) is 23.2. The van der Waals surface area contributed by atoms with E-state index in [0.717, 1.165) is 19.6 Å². The number of fused-ring (bicyclic) bond motifs is 1. The average molecular weight is 485 g/mol. The van der Waals surface area contributed by atoms with Crippen molar-refractivity contribution < 1.29 is 4.79 Å². The van der Waals surface area contributed by atoms with Crippen molar-refractivity contribution in [2.24, 2.45) is 0 Å². The molecular formula is C25H29ClN4O2S. The predicted octanol–water partition coefficient (Wildman–Crippen LogP) is 4.51. The maximum Gasteiger partial charge on any atom is 0.266 e. The lowest BCUT2D eigenvalue weighted by Gasteiger charge is -2.26. The van der Waals surface area contributed by atoms with Gasteiger partial charge in [0.05, 0.1) is 21.8 Å². The average Bonchev–Trinajstić information content (AvgIpc) is 2.83. The number of carbonyl (C=O) groups excluding carboxylic acids is 1. The predicted molar refractivity (Wildman–Crippen MR) is 136 cm³/mol. The minimum absolute atomic E-state index is 0.0282. The number of thioether (sulfide) groups is 1. The van der Waals surface area contributed by atoms with Crippen molar-refractivity contribution in [3.05, 3.63) is 63.9 Å². The first-order valence-electron chi connectivity index (χ1n) is 11.5. The molecule has 1 amide bonds. The van der Waals surface area contributed by atoms with Gasteiger partial charge in [-0.05, 0) is 62.7 Å². The second kappa shape index (κ2) is 11.2. The number of rotatable bonds is 8. The highest BCUT2D eigenvalue weighted by molar-refractivity contribution is 8.00. The number of amides is 1. The Morgan fingerprint density at radius 3 is 2.70 bits per heavy atom. The molecule has 1 saturated heterocycles.